The lowest BCUT2D eigenvalue weighted by atomic mass is 9.88. The van der Waals surface area contributed by atoms with E-state index in [9.17, 15) is 18.4 Å². The molecule has 0 N–H and O–H groups in total. The second-order valence-corrected chi connectivity index (χ2v) is 6.16. The predicted octanol–water partition coefficient (Wildman–Crippen LogP) is 2.75. The maximum Gasteiger partial charge on any atom is 0.342 e. The Balaban J connectivity index is 2.25. The zero-order valence-corrected chi connectivity index (χ0v) is 14.0. The van der Waals surface area contributed by atoms with E-state index >= 15 is 0 Å². The Hall–Kier alpha value is -1.70. The number of carbonyl (C=O) groups excluding carboxylic acids is 2. The Morgan fingerprint density at radius 1 is 1.08 bits per heavy atom. The highest BCUT2D eigenvalue weighted by Gasteiger charge is 2.76. The molecule has 1 aromatic carbocycles. The number of nitrogens with zero attached hydrogens (tertiary/aromatic N) is 1. The molecule has 0 radical (unpaired) electrons. The van der Waals surface area contributed by atoms with Crippen LogP contribution in [0, 0.1) is 0 Å². The SMILES string of the molecule is COC(=O)C1=C(C(=O)OC)C2(c3ccc(Cl)c(Cl)c3)CN2C1(F)F. The molecule has 5 nitrogen and oxygen atoms in total. The molecule has 0 spiro atoms. The zero-order valence-electron chi connectivity index (χ0n) is 12.5. The lowest BCUT2D eigenvalue weighted by Gasteiger charge is -2.16. The van der Waals surface area contributed by atoms with Crippen LogP contribution in [-0.2, 0) is 24.6 Å². The first kappa shape index (κ1) is 17.1. The van der Waals surface area contributed by atoms with Gasteiger partial charge in [0.15, 0.2) is 0 Å². The van der Waals surface area contributed by atoms with Crippen molar-refractivity contribution in [3.05, 3.63) is 45.0 Å². The smallest absolute Gasteiger partial charge is 0.342 e. The Bertz CT molecular complexity index is 796. The van der Waals surface area contributed by atoms with E-state index in [-0.39, 0.29) is 16.6 Å². The van der Waals surface area contributed by atoms with Crippen molar-refractivity contribution in [1.82, 2.24) is 4.90 Å². The molecule has 128 valence electrons. The van der Waals surface area contributed by atoms with Crippen LogP contribution in [0.1, 0.15) is 5.56 Å². The number of benzene rings is 1. The fraction of sp³-hybridized carbons (Fsp3) is 0.333. The van der Waals surface area contributed by atoms with Crippen LogP contribution in [0.3, 0.4) is 0 Å². The highest BCUT2D eigenvalue weighted by atomic mass is 35.5. The molecular weight excluding hydrogens is 367 g/mol. The minimum absolute atomic E-state index is 0.148. The first-order valence-electron chi connectivity index (χ1n) is 6.74. The second kappa shape index (κ2) is 5.40. The molecule has 0 saturated carbocycles. The largest absolute Gasteiger partial charge is 0.466 e. The first-order chi connectivity index (χ1) is 11.2. The van der Waals surface area contributed by atoms with Gasteiger partial charge in [-0.3, -0.25) is 0 Å². The molecular formula is C15H11Cl2F2NO4. The highest BCUT2D eigenvalue weighted by molar-refractivity contribution is 6.42. The normalized spacial score (nSPS) is 26.8. The third kappa shape index (κ3) is 2.08. The number of hydrogen-bond acceptors (Lipinski definition) is 5. The maximum absolute atomic E-state index is 14.6. The quantitative estimate of drug-likeness (QED) is 0.460. The summed E-state index contributed by atoms with van der Waals surface area (Å²) in [5, 5.41) is 0.389. The van der Waals surface area contributed by atoms with Crippen LogP contribution in [0.4, 0.5) is 8.78 Å². The number of ether oxygens (including phenoxy) is 2. The molecule has 2 heterocycles. The molecule has 2 atom stereocenters. The minimum Gasteiger partial charge on any atom is -0.466 e. The van der Waals surface area contributed by atoms with Crippen molar-refractivity contribution in [1.29, 1.82) is 0 Å². The van der Waals surface area contributed by atoms with Gasteiger partial charge in [-0.05, 0) is 17.7 Å². The minimum atomic E-state index is -3.66. The third-order valence-corrected chi connectivity index (χ3v) is 4.96. The number of carbonyl (C=O) groups is 2. The Morgan fingerprint density at radius 3 is 2.21 bits per heavy atom. The first-order valence-corrected chi connectivity index (χ1v) is 7.50. The monoisotopic (exact) mass is 377 g/mol. The van der Waals surface area contributed by atoms with Crippen LogP contribution in [0.15, 0.2) is 29.3 Å². The van der Waals surface area contributed by atoms with E-state index in [2.05, 4.69) is 9.47 Å². The number of methoxy groups -OCH3 is 2. The van der Waals surface area contributed by atoms with Crippen molar-refractivity contribution in [3.63, 3.8) is 0 Å². The van der Waals surface area contributed by atoms with E-state index in [1.165, 1.54) is 18.2 Å². The molecule has 0 aliphatic carbocycles. The summed E-state index contributed by atoms with van der Waals surface area (Å²) >= 11 is 11.8. The Labute approximate surface area is 145 Å². The van der Waals surface area contributed by atoms with Gasteiger partial charge in [-0.15, -0.1) is 0 Å². The van der Waals surface area contributed by atoms with Crippen molar-refractivity contribution in [2.45, 2.75) is 11.6 Å². The van der Waals surface area contributed by atoms with Gasteiger partial charge in [0.05, 0.1) is 35.4 Å². The molecule has 1 aromatic rings. The van der Waals surface area contributed by atoms with Gasteiger partial charge in [-0.2, -0.15) is 8.78 Å². The van der Waals surface area contributed by atoms with Crippen molar-refractivity contribution in [2.24, 2.45) is 0 Å². The maximum atomic E-state index is 14.6. The summed E-state index contributed by atoms with van der Waals surface area (Å²) in [6.45, 7) is -0.164. The fourth-order valence-corrected chi connectivity index (χ4v) is 3.38. The summed E-state index contributed by atoms with van der Waals surface area (Å²) in [6.07, 6.45) is 0. The molecule has 24 heavy (non-hydrogen) atoms. The molecule has 0 aromatic heterocycles. The van der Waals surface area contributed by atoms with Crippen LogP contribution < -0.4 is 0 Å². The fourth-order valence-electron chi connectivity index (χ4n) is 3.08. The van der Waals surface area contributed by atoms with Crippen molar-refractivity contribution >= 4 is 35.1 Å². The predicted molar refractivity (Wildman–Crippen MR) is 80.9 cm³/mol. The molecule has 9 heteroatoms. The summed E-state index contributed by atoms with van der Waals surface area (Å²) < 4.78 is 38.3. The van der Waals surface area contributed by atoms with Crippen molar-refractivity contribution in [2.75, 3.05) is 20.8 Å². The molecule has 2 unspecified atom stereocenters. The summed E-state index contributed by atoms with van der Waals surface area (Å²) in [4.78, 5) is 24.8. The summed E-state index contributed by atoms with van der Waals surface area (Å²) in [5.41, 5.74) is -2.64. The van der Waals surface area contributed by atoms with E-state index in [1.807, 2.05) is 0 Å². The van der Waals surface area contributed by atoms with E-state index in [0.29, 0.717) is 5.56 Å². The van der Waals surface area contributed by atoms with Crippen molar-refractivity contribution in [3.8, 4) is 0 Å². The summed E-state index contributed by atoms with van der Waals surface area (Å²) in [5.74, 6) is -2.31. The van der Waals surface area contributed by atoms with Gasteiger partial charge in [-0.1, -0.05) is 29.3 Å². The van der Waals surface area contributed by atoms with Crippen LogP contribution in [0.25, 0.3) is 0 Å². The third-order valence-electron chi connectivity index (χ3n) is 4.22. The molecule has 2 aliphatic rings. The average molecular weight is 378 g/mol. The molecule has 1 saturated heterocycles. The van der Waals surface area contributed by atoms with Gasteiger partial charge in [0.25, 0.3) is 0 Å². The topological polar surface area (TPSA) is 55.6 Å². The Kier molecular flexibility index (Phi) is 3.86. The standard InChI is InChI=1S/C15H11Cl2F2NO4/c1-23-12(21)10-11(13(22)24-2)15(18,19)20-6-14(10,20)7-3-4-8(16)9(17)5-7/h3-5H,6H2,1-2H3. The van der Waals surface area contributed by atoms with Gasteiger partial charge < -0.3 is 9.47 Å². The van der Waals surface area contributed by atoms with Crippen molar-refractivity contribution < 1.29 is 27.8 Å². The number of fused-ring (bicyclic) bond motifs is 1. The highest BCUT2D eigenvalue weighted by Crippen LogP contribution is 2.63. The number of halogens is 4. The molecule has 3 rings (SSSR count). The van der Waals surface area contributed by atoms with Gasteiger partial charge in [-0.25, -0.2) is 14.5 Å². The van der Waals surface area contributed by atoms with Gasteiger partial charge in [0.1, 0.15) is 5.57 Å². The van der Waals surface area contributed by atoms with Crippen LogP contribution in [0.5, 0.6) is 0 Å². The van der Waals surface area contributed by atoms with Gasteiger partial charge in [0, 0.05) is 6.54 Å². The van der Waals surface area contributed by atoms with E-state index in [4.69, 9.17) is 23.2 Å². The van der Waals surface area contributed by atoms with Crippen LogP contribution >= 0.6 is 23.2 Å². The lowest BCUT2D eigenvalue weighted by molar-refractivity contribution is -0.144. The van der Waals surface area contributed by atoms with E-state index in [1.54, 1.807) is 0 Å². The molecule has 0 bridgehead atoms. The van der Waals surface area contributed by atoms with Gasteiger partial charge >= 0.3 is 18.0 Å². The number of rotatable bonds is 3. The Morgan fingerprint density at radius 2 is 1.67 bits per heavy atom. The van der Waals surface area contributed by atoms with Crippen LogP contribution in [-0.4, -0.2) is 43.6 Å². The number of hydrogen-bond donors (Lipinski definition) is 0. The van der Waals surface area contributed by atoms with E-state index < -0.39 is 34.7 Å². The van der Waals surface area contributed by atoms with E-state index in [0.717, 1.165) is 19.1 Å². The van der Waals surface area contributed by atoms with Crippen LogP contribution in [0.2, 0.25) is 10.0 Å². The van der Waals surface area contributed by atoms with Gasteiger partial charge in [0.2, 0.25) is 0 Å². The molecule has 1 fully saturated rings. The summed E-state index contributed by atoms with van der Waals surface area (Å²) in [6, 6.07) is 0.646. The lowest BCUT2D eigenvalue weighted by Crippen LogP contribution is -2.32. The summed E-state index contributed by atoms with van der Waals surface area (Å²) in [7, 11) is 2.02. The zero-order chi connectivity index (χ0) is 17.9. The second-order valence-electron chi connectivity index (χ2n) is 5.35. The number of esters is 2. The number of alkyl halides is 2. The molecule has 2 aliphatic heterocycles. The molecule has 0 amide bonds. The average Bonchev–Trinajstić information content (AvgIpc) is 3.26.